The van der Waals surface area contributed by atoms with Gasteiger partial charge in [0.2, 0.25) is 0 Å². The third kappa shape index (κ3) is 3.26. The molecule has 2 rings (SSSR count). The van der Waals surface area contributed by atoms with E-state index in [1.807, 2.05) is 0 Å². The largest absolute Gasteiger partial charge is 0.502 e. The molecule has 0 radical (unpaired) electrons. The monoisotopic (exact) mass is 300 g/mol. The number of aromatic hydroxyl groups is 1. The number of hydrogen-bond acceptors (Lipinski definition) is 6. The minimum Gasteiger partial charge on any atom is -0.502 e. The number of phenols is 1. The predicted octanol–water partition coefficient (Wildman–Crippen LogP) is 2.41. The molecule has 1 heterocycles. The highest BCUT2D eigenvalue weighted by Crippen LogP contribution is 2.28. The zero-order chi connectivity index (χ0) is 16.1. The van der Waals surface area contributed by atoms with Crippen LogP contribution in [0.5, 0.6) is 5.75 Å². The van der Waals surface area contributed by atoms with Gasteiger partial charge in [0.15, 0.2) is 5.75 Å². The second-order valence-corrected chi connectivity index (χ2v) is 4.29. The van der Waals surface area contributed by atoms with E-state index in [-0.39, 0.29) is 5.57 Å². The fourth-order valence-corrected chi connectivity index (χ4v) is 1.85. The van der Waals surface area contributed by atoms with Crippen molar-refractivity contribution in [3.8, 4) is 5.75 Å². The number of methoxy groups -OCH3 is 1. The van der Waals surface area contributed by atoms with Gasteiger partial charge in [-0.05, 0) is 41.5 Å². The molecule has 0 atom stereocenters. The fraction of sp³-hybridized carbons (Fsp3) is 0.0667. The molecule has 1 N–H and O–H groups in total. The van der Waals surface area contributed by atoms with Crippen LogP contribution >= 0.6 is 0 Å². The van der Waals surface area contributed by atoms with Crippen LogP contribution in [0, 0.1) is 10.1 Å². The van der Waals surface area contributed by atoms with Crippen molar-refractivity contribution in [2.24, 2.45) is 0 Å². The maximum atomic E-state index is 11.9. The highest BCUT2D eigenvalue weighted by molar-refractivity contribution is 6.21. The number of carbonyl (C=O) groups excluding carboxylic acids is 1. The van der Waals surface area contributed by atoms with Gasteiger partial charge in [0.25, 0.3) is 0 Å². The first kappa shape index (κ1) is 15.2. The fourth-order valence-electron chi connectivity index (χ4n) is 1.85. The molecule has 1 aromatic heterocycles. The molecule has 22 heavy (non-hydrogen) atoms. The quantitative estimate of drug-likeness (QED) is 0.402. The van der Waals surface area contributed by atoms with E-state index in [0.29, 0.717) is 11.1 Å². The van der Waals surface area contributed by atoms with Gasteiger partial charge in [-0.15, -0.1) is 0 Å². The Morgan fingerprint density at radius 1 is 1.32 bits per heavy atom. The summed E-state index contributed by atoms with van der Waals surface area (Å²) in [6.07, 6.45) is 4.53. The van der Waals surface area contributed by atoms with Gasteiger partial charge in [-0.25, -0.2) is 4.79 Å². The normalized spacial score (nSPS) is 11.0. The molecule has 0 aliphatic carbocycles. The maximum Gasteiger partial charge on any atom is 0.338 e. The van der Waals surface area contributed by atoms with Gasteiger partial charge in [0.1, 0.15) is 0 Å². The van der Waals surface area contributed by atoms with Crippen LogP contribution in [0.25, 0.3) is 11.6 Å². The summed E-state index contributed by atoms with van der Waals surface area (Å²) in [7, 11) is 1.25. The number of aromatic nitrogens is 1. The number of carbonyl (C=O) groups is 1. The smallest absolute Gasteiger partial charge is 0.338 e. The zero-order valence-corrected chi connectivity index (χ0v) is 11.6. The summed E-state index contributed by atoms with van der Waals surface area (Å²) in [4.78, 5) is 25.8. The number of esters is 1. The van der Waals surface area contributed by atoms with Gasteiger partial charge in [0, 0.05) is 18.5 Å². The number of pyridine rings is 1. The van der Waals surface area contributed by atoms with Gasteiger partial charge in [-0.3, -0.25) is 15.1 Å². The lowest BCUT2D eigenvalue weighted by Crippen LogP contribution is -2.04. The minimum atomic E-state index is -0.688. The van der Waals surface area contributed by atoms with E-state index in [2.05, 4.69) is 4.98 Å². The molecule has 0 unspecified atom stereocenters. The van der Waals surface area contributed by atoms with Crippen molar-refractivity contribution >= 4 is 23.3 Å². The van der Waals surface area contributed by atoms with Gasteiger partial charge in [-0.2, -0.15) is 0 Å². The molecule has 7 nitrogen and oxygen atoms in total. The van der Waals surface area contributed by atoms with E-state index >= 15 is 0 Å². The van der Waals surface area contributed by atoms with Crippen molar-refractivity contribution in [2.45, 2.75) is 0 Å². The lowest BCUT2D eigenvalue weighted by Gasteiger charge is -2.06. The molecule has 0 fully saturated rings. The first-order chi connectivity index (χ1) is 10.5. The van der Waals surface area contributed by atoms with E-state index in [9.17, 15) is 20.0 Å². The number of benzene rings is 1. The first-order valence-electron chi connectivity index (χ1n) is 6.20. The summed E-state index contributed by atoms with van der Waals surface area (Å²) < 4.78 is 4.73. The van der Waals surface area contributed by atoms with Crippen molar-refractivity contribution < 1.29 is 19.6 Å². The van der Waals surface area contributed by atoms with E-state index in [4.69, 9.17) is 4.74 Å². The van der Waals surface area contributed by atoms with E-state index in [1.54, 1.807) is 12.1 Å². The van der Waals surface area contributed by atoms with Crippen molar-refractivity contribution in [1.82, 2.24) is 4.98 Å². The number of nitro benzene ring substituents is 1. The first-order valence-corrected chi connectivity index (χ1v) is 6.20. The number of nitro groups is 1. The Balaban J connectivity index is 2.48. The van der Waals surface area contributed by atoms with Crippen molar-refractivity contribution in [3.63, 3.8) is 0 Å². The SMILES string of the molecule is COC(=O)C(=Cc1ccc([N+](=O)[O-])c(O)c1)c1ccncc1. The molecule has 0 amide bonds. The molecule has 0 aliphatic rings. The molecule has 1 aromatic carbocycles. The van der Waals surface area contributed by atoms with E-state index in [0.717, 1.165) is 0 Å². The van der Waals surface area contributed by atoms with Crippen molar-refractivity contribution in [3.05, 3.63) is 64.0 Å². The van der Waals surface area contributed by atoms with Gasteiger partial charge in [-0.1, -0.05) is 0 Å². The second kappa shape index (κ2) is 6.49. The number of phenolic OH excluding ortho intramolecular Hbond substituents is 1. The molecule has 0 spiro atoms. The van der Waals surface area contributed by atoms with Crippen LogP contribution in [0.15, 0.2) is 42.7 Å². The Hall–Kier alpha value is -3.22. The Morgan fingerprint density at radius 2 is 2.00 bits per heavy atom. The number of rotatable bonds is 4. The predicted molar refractivity (Wildman–Crippen MR) is 78.9 cm³/mol. The minimum absolute atomic E-state index is 0.248. The lowest BCUT2D eigenvalue weighted by atomic mass is 10.0. The molecular weight excluding hydrogens is 288 g/mol. The Bertz CT molecular complexity index is 741. The van der Waals surface area contributed by atoms with Crippen LogP contribution in [0.2, 0.25) is 0 Å². The Kier molecular flexibility index (Phi) is 4.47. The molecule has 7 heteroatoms. The summed E-state index contributed by atoms with van der Waals surface area (Å²) in [5, 5.41) is 20.3. The molecule has 0 bridgehead atoms. The summed E-state index contributed by atoms with van der Waals surface area (Å²) in [6, 6.07) is 7.08. The van der Waals surface area contributed by atoms with Gasteiger partial charge in [0.05, 0.1) is 17.6 Å². The number of hydrogen-bond donors (Lipinski definition) is 1. The summed E-state index contributed by atoms with van der Waals surface area (Å²) in [6.45, 7) is 0. The van der Waals surface area contributed by atoms with Crippen LogP contribution in [0.1, 0.15) is 11.1 Å². The standard InChI is InChI=1S/C15H12N2O5/c1-22-15(19)12(11-4-6-16-7-5-11)8-10-2-3-13(17(20)21)14(18)9-10/h2-9,18H,1H3. The summed E-state index contributed by atoms with van der Waals surface area (Å²) >= 11 is 0. The van der Waals surface area contributed by atoms with E-state index in [1.165, 1.54) is 43.8 Å². The highest BCUT2D eigenvalue weighted by atomic mass is 16.6. The van der Waals surface area contributed by atoms with Crippen molar-refractivity contribution in [2.75, 3.05) is 7.11 Å². The molecule has 112 valence electrons. The maximum absolute atomic E-state index is 11.9. The Labute approximate surface area is 125 Å². The zero-order valence-electron chi connectivity index (χ0n) is 11.6. The van der Waals surface area contributed by atoms with Gasteiger partial charge >= 0.3 is 11.7 Å². The van der Waals surface area contributed by atoms with Crippen LogP contribution in [-0.4, -0.2) is 28.1 Å². The summed E-state index contributed by atoms with van der Waals surface area (Å²) in [5.41, 5.74) is 0.860. The summed E-state index contributed by atoms with van der Waals surface area (Å²) in [5.74, 6) is -1.04. The van der Waals surface area contributed by atoms with Crippen LogP contribution in [0.3, 0.4) is 0 Å². The van der Waals surface area contributed by atoms with Crippen LogP contribution < -0.4 is 0 Å². The van der Waals surface area contributed by atoms with Crippen molar-refractivity contribution in [1.29, 1.82) is 0 Å². The topological polar surface area (TPSA) is 103 Å². The lowest BCUT2D eigenvalue weighted by molar-refractivity contribution is -0.385. The molecule has 0 aliphatic heterocycles. The average molecular weight is 300 g/mol. The van der Waals surface area contributed by atoms with Crippen LogP contribution in [0.4, 0.5) is 5.69 Å². The molecule has 0 saturated carbocycles. The molecule has 0 saturated heterocycles. The Morgan fingerprint density at radius 3 is 2.55 bits per heavy atom. The number of nitrogens with zero attached hydrogens (tertiary/aromatic N) is 2. The van der Waals surface area contributed by atoms with E-state index < -0.39 is 22.3 Å². The third-order valence-electron chi connectivity index (χ3n) is 2.90. The van der Waals surface area contributed by atoms with Crippen LogP contribution in [-0.2, 0) is 9.53 Å². The van der Waals surface area contributed by atoms with Gasteiger partial charge < -0.3 is 9.84 Å². The second-order valence-electron chi connectivity index (χ2n) is 4.29. The number of ether oxygens (including phenoxy) is 1. The highest BCUT2D eigenvalue weighted by Gasteiger charge is 2.15. The molecular formula is C15H12N2O5. The third-order valence-corrected chi connectivity index (χ3v) is 2.90. The average Bonchev–Trinajstić information content (AvgIpc) is 2.52. The molecule has 2 aromatic rings.